The molecular formula is C15H31NS. The van der Waals surface area contributed by atoms with Gasteiger partial charge in [0.2, 0.25) is 0 Å². The fourth-order valence-electron chi connectivity index (χ4n) is 2.67. The number of nitrogens with one attached hydrogen (secondary N) is 1. The third-order valence-electron chi connectivity index (χ3n) is 3.85. The molecule has 102 valence electrons. The lowest BCUT2D eigenvalue weighted by Gasteiger charge is -2.36. The highest BCUT2D eigenvalue weighted by Gasteiger charge is 2.28. The molecule has 1 aliphatic rings. The zero-order chi connectivity index (χ0) is 12.7. The zero-order valence-corrected chi connectivity index (χ0v) is 13.0. The first-order chi connectivity index (χ1) is 8.07. The maximum atomic E-state index is 3.82. The lowest BCUT2D eigenvalue weighted by atomic mass is 9.87. The maximum Gasteiger partial charge on any atom is 0.0163 e. The minimum atomic E-state index is 0.533. The summed E-state index contributed by atoms with van der Waals surface area (Å²) in [7, 11) is 0. The van der Waals surface area contributed by atoms with E-state index in [1.807, 2.05) is 0 Å². The van der Waals surface area contributed by atoms with E-state index in [9.17, 15) is 0 Å². The number of hydrogen-bond acceptors (Lipinski definition) is 2. The molecule has 0 aromatic carbocycles. The Hall–Kier alpha value is 0.310. The fourth-order valence-corrected chi connectivity index (χ4v) is 3.98. The van der Waals surface area contributed by atoms with Gasteiger partial charge in [-0.1, -0.05) is 47.0 Å². The predicted molar refractivity (Wildman–Crippen MR) is 80.8 cm³/mol. The van der Waals surface area contributed by atoms with Crippen LogP contribution >= 0.6 is 11.8 Å². The minimum absolute atomic E-state index is 0.533. The second-order valence-corrected chi connectivity index (χ2v) is 7.44. The second kappa shape index (κ2) is 7.68. The first-order valence-corrected chi connectivity index (χ1v) is 8.54. The number of hydrogen-bond donors (Lipinski definition) is 1. The van der Waals surface area contributed by atoms with Gasteiger partial charge in [-0.05, 0) is 36.5 Å². The van der Waals surface area contributed by atoms with E-state index < -0.39 is 0 Å². The SMILES string of the molecule is CCCCC(CC)CNC1CSCC(C)(C)C1. The summed E-state index contributed by atoms with van der Waals surface area (Å²) in [5.41, 5.74) is 0.533. The quantitative estimate of drug-likeness (QED) is 0.729. The van der Waals surface area contributed by atoms with Gasteiger partial charge in [-0.2, -0.15) is 11.8 Å². The van der Waals surface area contributed by atoms with Gasteiger partial charge in [0.25, 0.3) is 0 Å². The Labute approximate surface area is 113 Å². The molecule has 2 unspecified atom stereocenters. The average Bonchev–Trinajstić information content (AvgIpc) is 2.28. The smallest absolute Gasteiger partial charge is 0.0163 e. The maximum absolute atomic E-state index is 3.82. The van der Waals surface area contributed by atoms with E-state index in [2.05, 4.69) is 44.8 Å². The van der Waals surface area contributed by atoms with Crippen molar-refractivity contribution >= 4 is 11.8 Å². The fraction of sp³-hybridized carbons (Fsp3) is 1.00. The molecule has 1 aliphatic heterocycles. The van der Waals surface area contributed by atoms with Gasteiger partial charge in [-0.3, -0.25) is 0 Å². The normalized spacial score (nSPS) is 25.8. The van der Waals surface area contributed by atoms with Crippen molar-refractivity contribution in [1.29, 1.82) is 0 Å². The highest BCUT2D eigenvalue weighted by molar-refractivity contribution is 7.99. The van der Waals surface area contributed by atoms with E-state index in [-0.39, 0.29) is 0 Å². The third-order valence-corrected chi connectivity index (χ3v) is 5.47. The highest BCUT2D eigenvalue weighted by Crippen LogP contribution is 2.33. The van der Waals surface area contributed by atoms with Crippen LogP contribution in [0.15, 0.2) is 0 Å². The van der Waals surface area contributed by atoms with E-state index in [0.29, 0.717) is 5.41 Å². The number of thioether (sulfide) groups is 1. The van der Waals surface area contributed by atoms with Crippen LogP contribution in [0.5, 0.6) is 0 Å². The lowest BCUT2D eigenvalue weighted by molar-refractivity contribution is 0.300. The molecule has 0 spiro atoms. The Morgan fingerprint density at radius 3 is 2.71 bits per heavy atom. The van der Waals surface area contributed by atoms with Gasteiger partial charge in [0, 0.05) is 11.8 Å². The molecule has 17 heavy (non-hydrogen) atoms. The Bertz CT molecular complexity index is 203. The Kier molecular flexibility index (Phi) is 6.94. The van der Waals surface area contributed by atoms with Crippen molar-refractivity contribution in [2.24, 2.45) is 11.3 Å². The largest absolute Gasteiger partial charge is 0.313 e. The first kappa shape index (κ1) is 15.4. The van der Waals surface area contributed by atoms with Crippen LogP contribution < -0.4 is 5.32 Å². The molecule has 2 atom stereocenters. The van der Waals surface area contributed by atoms with E-state index in [1.54, 1.807) is 0 Å². The molecule has 0 radical (unpaired) electrons. The van der Waals surface area contributed by atoms with Crippen LogP contribution in [0.2, 0.25) is 0 Å². The molecule has 1 fully saturated rings. The summed E-state index contributed by atoms with van der Waals surface area (Å²) < 4.78 is 0. The van der Waals surface area contributed by atoms with Gasteiger partial charge in [0.1, 0.15) is 0 Å². The zero-order valence-electron chi connectivity index (χ0n) is 12.2. The average molecular weight is 257 g/mol. The van der Waals surface area contributed by atoms with Crippen LogP contribution in [0.3, 0.4) is 0 Å². The Morgan fingerprint density at radius 1 is 1.35 bits per heavy atom. The topological polar surface area (TPSA) is 12.0 Å². The van der Waals surface area contributed by atoms with Gasteiger partial charge in [-0.25, -0.2) is 0 Å². The Morgan fingerprint density at radius 2 is 2.12 bits per heavy atom. The van der Waals surface area contributed by atoms with Crippen molar-refractivity contribution in [3.63, 3.8) is 0 Å². The summed E-state index contributed by atoms with van der Waals surface area (Å²) in [5, 5.41) is 3.82. The summed E-state index contributed by atoms with van der Waals surface area (Å²) in [6.45, 7) is 10.7. The molecule has 0 saturated carbocycles. The minimum Gasteiger partial charge on any atom is -0.313 e. The van der Waals surface area contributed by atoms with Crippen molar-refractivity contribution in [1.82, 2.24) is 5.32 Å². The van der Waals surface area contributed by atoms with Gasteiger partial charge >= 0.3 is 0 Å². The summed E-state index contributed by atoms with van der Waals surface area (Å²) in [5.74, 6) is 3.54. The van der Waals surface area contributed by atoms with E-state index in [4.69, 9.17) is 0 Å². The molecule has 1 rings (SSSR count). The molecule has 0 aromatic rings. The highest BCUT2D eigenvalue weighted by atomic mass is 32.2. The summed E-state index contributed by atoms with van der Waals surface area (Å²) in [4.78, 5) is 0. The number of unbranched alkanes of at least 4 members (excludes halogenated alkanes) is 1. The van der Waals surface area contributed by atoms with Crippen molar-refractivity contribution in [2.75, 3.05) is 18.1 Å². The van der Waals surface area contributed by atoms with E-state index in [1.165, 1.54) is 50.2 Å². The van der Waals surface area contributed by atoms with Crippen LogP contribution in [0.25, 0.3) is 0 Å². The van der Waals surface area contributed by atoms with Crippen LogP contribution in [0.4, 0.5) is 0 Å². The van der Waals surface area contributed by atoms with Crippen LogP contribution in [-0.2, 0) is 0 Å². The molecule has 0 aliphatic carbocycles. The van der Waals surface area contributed by atoms with Gasteiger partial charge in [0.05, 0.1) is 0 Å². The van der Waals surface area contributed by atoms with Crippen molar-refractivity contribution in [2.45, 2.75) is 65.8 Å². The van der Waals surface area contributed by atoms with Crippen molar-refractivity contribution in [3.8, 4) is 0 Å². The molecule has 1 N–H and O–H groups in total. The molecule has 0 bridgehead atoms. The third kappa shape index (κ3) is 6.15. The second-order valence-electron chi connectivity index (χ2n) is 6.41. The predicted octanol–water partition coefficient (Wildman–Crippen LogP) is 4.32. The van der Waals surface area contributed by atoms with Gasteiger partial charge in [-0.15, -0.1) is 0 Å². The van der Waals surface area contributed by atoms with Crippen LogP contribution in [-0.4, -0.2) is 24.1 Å². The molecule has 0 amide bonds. The van der Waals surface area contributed by atoms with E-state index in [0.717, 1.165) is 12.0 Å². The summed E-state index contributed by atoms with van der Waals surface area (Å²) >= 11 is 2.12. The molecule has 1 nitrogen and oxygen atoms in total. The first-order valence-electron chi connectivity index (χ1n) is 7.38. The molecular weight excluding hydrogens is 226 g/mol. The van der Waals surface area contributed by atoms with E-state index >= 15 is 0 Å². The summed E-state index contributed by atoms with van der Waals surface area (Å²) in [6, 6.07) is 0.749. The van der Waals surface area contributed by atoms with Crippen LogP contribution in [0, 0.1) is 11.3 Å². The Balaban J connectivity index is 2.23. The molecule has 2 heteroatoms. The van der Waals surface area contributed by atoms with Gasteiger partial charge in [0.15, 0.2) is 0 Å². The summed E-state index contributed by atoms with van der Waals surface area (Å²) in [6.07, 6.45) is 6.82. The van der Waals surface area contributed by atoms with Crippen molar-refractivity contribution in [3.05, 3.63) is 0 Å². The van der Waals surface area contributed by atoms with Crippen LogP contribution in [0.1, 0.15) is 59.8 Å². The standard InChI is InChI=1S/C15H31NS/c1-5-7-8-13(6-2)10-16-14-9-15(3,4)12-17-11-14/h13-14,16H,5-12H2,1-4H3. The molecule has 1 heterocycles. The lowest BCUT2D eigenvalue weighted by Crippen LogP contribution is -2.42. The number of rotatable bonds is 7. The molecule has 1 saturated heterocycles. The van der Waals surface area contributed by atoms with Gasteiger partial charge < -0.3 is 5.32 Å². The monoisotopic (exact) mass is 257 g/mol. The van der Waals surface area contributed by atoms with Crippen molar-refractivity contribution < 1.29 is 0 Å². The molecule has 0 aromatic heterocycles.